The van der Waals surface area contributed by atoms with E-state index in [4.69, 9.17) is 0 Å². The zero-order valence-electron chi connectivity index (χ0n) is 27.7. The molecule has 0 spiro atoms. The van der Waals surface area contributed by atoms with Crippen LogP contribution in [0.2, 0.25) is 0 Å². The number of fused-ring (bicyclic) bond motifs is 5. The Bertz CT molecular complexity index is 960. The van der Waals surface area contributed by atoms with Gasteiger partial charge < -0.3 is 4.90 Å². The summed E-state index contributed by atoms with van der Waals surface area (Å²) in [5, 5.41) is 0. The highest BCUT2D eigenvalue weighted by atomic mass is 15.2. The highest BCUT2D eigenvalue weighted by molar-refractivity contribution is 5.31. The van der Waals surface area contributed by atoms with Gasteiger partial charge in [-0.15, -0.1) is 0 Å². The minimum Gasteiger partial charge on any atom is -0.373 e. The maximum absolute atomic E-state index is 4.60. The van der Waals surface area contributed by atoms with Gasteiger partial charge in [0.2, 0.25) is 0 Å². The lowest BCUT2D eigenvalue weighted by atomic mass is 9.35. The van der Waals surface area contributed by atoms with Gasteiger partial charge in [-0.25, -0.2) is 0 Å². The molecule has 0 aromatic heterocycles. The van der Waals surface area contributed by atoms with Gasteiger partial charge in [-0.05, 0) is 128 Å². The quantitative estimate of drug-likeness (QED) is 0.279. The van der Waals surface area contributed by atoms with Crippen LogP contribution in [0.4, 0.5) is 0 Å². The Hall–Kier alpha value is -0.720. The Morgan fingerprint density at radius 3 is 2.33 bits per heavy atom. The lowest BCUT2D eigenvalue weighted by Crippen LogP contribution is -2.62. The highest BCUT2D eigenvalue weighted by Crippen LogP contribution is 2.79. The van der Waals surface area contributed by atoms with E-state index in [9.17, 15) is 0 Å². The smallest absolute Gasteiger partial charge is 0.0259 e. The van der Waals surface area contributed by atoms with Crippen molar-refractivity contribution in [2.75, 3.05) is 6.54 Å². The number of likely N-dealkylation sites (tertiary alicyclic amines) is 1. The summed E-state index contributed by atoms with van der Waals surface area (Å²) in [5.74, 6) is 3.31. The molecule has 9 unspecified atom stereocenters. The van der Waals surface area contributed by atoms with Crippen molar-refractivity contribution in [1.82, 2.24) is 4.90 Å². The van der Waals surface area contributed by atoms with Gasteiger partial charge in [0, 0.05) is 18.3 Å². The van der Waals surface area contributed by atoms with Crippen LogP contribution < -0.4 is 0 Å². The van der Waals surface area contributed by atoms with Crippen molar-refractivity contribution >= 4 is 0 Å². The molecule has 4 fully saturated rings. The Balaban J connectivity index is 1.35. The zero-order valence-corrected chi connectivity index (χ0v) is 27.7. The van der Waals surface area contributed by atoms with Crippen molar-refractivity contribution in [2.45, 2.75) is 158 Å². The molecular formula is C38H65N. The first kappa shape index (κ1) is 29.8. The van der Waals surface area contributed by atoms with E-state index in [0.717, 1.165) is 23.7 Å². The Kier molecular flexibility index (Phi) is 7.80. The van der Waals surface area contributed by atoms with Crippen LogP contribution in [0.3, 0.4) is 0 Å². The third kappa shape index (κ3) is 4.35. The minimum atomic E-state index is 0.390. The highest BCUT2D eigenvalue weighted by Gasteiger charge is 2.71. The second-order valence-corrected chi connectivity index (χ2v) is 17.2. The summed E-state index contributed by atoms with van der Waals surface area (Å²) >= 11 is 0. The second-order valence-electron chi connectivity index (χ2n) is 17.2. The minimum absolute atomic E-state index is 0.390. The third-order valence-corrected chi connectivity index (χ3v) is 15.5. The van der Waals surface area contributed by atoms with Gasteiger partial charge in [0.15, 0.2) is 0 Å². The lowest BCUT2D eigenvalue weighted by Gasteiger charge is -2.69. The van der Waals surface area contributed by atoms with Gasteiger partial charge in [0.1, 0.15) is 0 Å². The second kappa shape index (κ2) is 10.2. The molecular weight excluding hydrogens is 470 g/mol. The summed E-state index contributed by atoms with van der Waals surface area (Å²) in [7, 11) is 0. The summed E-state index contributed by atoms with van der Waals surface area (Å²) in [6.45, 7) is 29.4. The summed E-state index contributed by atoms with van der Waals surface area (Å²) in [6, 6.07) is 0.701. The summed E-state index contributed by atoms with van der Waals surface area (Å²) in [5.41, 5.74) is 5.52. The van der Waals surface area contributed by atoms with Crippen molar-refractivity contribution < 1.29 is 0 Å². The van der Waals surface area contributed by atoms with Crippen LogP contribution in [0.15, 0.2) is 23.9 Å². The molecule has 0 radical (unpaired) electrons. The predicted molar refractivity (Wildman–Crippen MR) is 170 cm³/mol. The number of hydrogen-bond acceptors (Lipinski definition) is 1. The van der Waals surface area contributed by atoms with Gasteiger partial charge >= 0.3 is 0 Å². The van der Waals surface area contributed by atoms with E-state index in [1.54, 1.807) is 0 Å². The van der Waals surface area contributed by atoms with Crippen LogP contribution in [0.5, 0.6) is 0 Å². The molecule has 1 heterocycles. The molecule has 4 aliphatic carbocycles. The molecule has 0 N–H and O–H groups in total. The Labute approximate surface area is 244 Å². The first-order valence-electron chi connectivity index (χ1n) is 17.4. The van der Waals surface area contributed by atoms with E-state index < -0.39 is 0 Å². The number of hydrogen-bond donors (Lipinski definition) is 0. The van der Waals surface area contributed by atoms with Crippen LogP contribution in [0.1, 0.15) is 152 Å². The summed E-state index contributed by atoms with van der Waals surface area (Å²) in [4.78, 5) is 2.63. The van der Waals surface area contributed by atoms with Gasteiger partial charge in [-0.1, -0.05) is 92.9 Å². The summed E-state index contributed by atoms with van der Waals surface area (Å²) < 4.78 is 0. The van der Waals surface area contributed by atoms with Crippen LogP contribution in [-0.4, -0.2) is 17.5 Å². The van der Waals surface area contributed by atoms with Crippen LogP contribution >= 0.6 is 0 Å². The maximum atomic E-state index is 4.60. The van der Waals surface area contributed by atoms with Crippen molar-refractivity contribution in [3.63, 3.8) is 0 Å². The molecule has 222 valence electrons. The first-order chi connectivity index (χ1) is 18.2. The van der Waals surface area contributed by atoms with Crippen molar-refractivity contribution in [3.05, 3.63) is 23.9 Å². The van der Waals surface area contributed by atoms with Gasteiger partial charge in [0.05, 0.1) is 0 Å². The molecule has 5 aliphatic rings. The Morgan fingerprint density at radius 2 is 1.67 bits per heavy atom. The predicted octanol–water partition coefficient (Wildman–Crippen LogP) is 11.2. The van der Waals surface area contributed by atoms with Gasteiger partial charge in [0.25, 0.3) is 0 Å². The average Bonchev–Trinajstić information content (AvgIpc) is 3.40. The number of nitrogens with zero attached hydrogens (tertiary/aromatic N) is 1. The molecule has 1 aliphatic heterocycles. The van der Waals surface area contributed by atoms with E-state index in [0.29, 0.717) is 33.1 Å². The fourth-order valence-corrected chi connectivity index (χ4v) is 11.9. The molecule has 9 atom stereocenters. The molecule has 0 amide bonds. The van der Waals surface area contributed by atoms with E-state index in [-0.39, 0.29) is 0 Å². The lowest BCUT2D eigenvalue weighted by molar-refractivity contribution is -0.181. The average molecular weight is 536 g/mol. The van der Waals surface area contributed by atoms with Gasteiger partial charge in [-0.2, -0.15) is 0 Å². The largest absolute Gasteiger partial charge is 0.373 e. The topological polar surface area (TPSA) is 3.24 Å². The molecule has 3 saturated carbocycles. The first-order valence-corrected chi connectivity index (χ1v) is 17.4. The Morgan fingerprint density at radius 1 is 0.949 bits per heavy atom. The van der Waals surface area contributed by atoms with Crippen molar-refractivity contribution in [1.29, 1.82) is 0 Å². The number of allylic oxidation sites excluding steroid dienone is 3. The van der Waals surface area contributed by atoms with Crippen LogP contribution in [0.25, 0.3) is 0 Å². The third-order valence-electron chi connectivity index (χ3n) is 15.5. The number of rotatable bonds is 8. The molecule has 5 rings (SSSR count). The van der Waals surface area contributed by atoms with Gasteiger partial charge in [-0.3, -0.25) is 0 Å². The molecule has 1 saturated heterocycles. The molecule has 0 aromatic rings. The van der Waals surface area contributed by atoms with Crippen LogP contribution in [-0.2, 0) is 0 Å². The molecule has 1 heteroatoms. The summed E-state index contributed by atoms with van der Waals surface area (Å²) in [6.07, 6.45) is 22.2. The standard InChI is InChI=1S/C38H65N/c1-27(2)13-11-14-28(3)34(6)20-21-37(9)33-17-16-32-26-31(25-30(5)39-24-12-15-29(39)4)18-19-35(32,7)36(33,8)22-23-38(34,37)10/h16,27-29,31,33H,5,11-15,17-26H2,1-4,6-10H3. The van der Waals surface area contributed by atoms with Crippen molar-refractivity contribution in [3.8, 4) is 0 Å². The fourth-order valence-electron chi connectivity index (χ4n) is 11.9. The van der Waals surface area contributed by atoms with Crippen molar-refractivity contribution in [2.24, 2.45) is 50.7 Å². The van der Waals surface area contributed by atoms with E-state index >= 15 is 0 Å². The molecule has 0 aromatic carbocycles. The molecule has 39 heavy (non-hydrogen) atoms. The normalized spacial score (nSPS) is 46.5. The molecule has 0 bridgehead atoms. The SMILES string of the molecule is C=C(CC1CCC2(C)C(=CCC3C2(C)CCC2(C)C(C)(C(C)CCCC(C)C)CCC32C)C1)N1CCCC1C. The molecule has 1 nitrogen and oxygen atoms in total. The van der Waals surface area contributed by atoms with Crippen LogP contribution in [0, 0.1) is 50.7 Å². The monoisotopic (exact) mass is 536 g/mol. The van der Waals surface area contributed by atoms with E-state index in [1.165, 1.54) is 102 Å². The fraction of sp³-hybridized carbons (Fsp3) is 0.895. The zero-order chi connectivity index (χ0) is 28.4. The van der Waals surface area contributed by atoms with E-state index in [2.05, 4.69) is 79.9 Å². The van der Waals surface area contributed by atoms with E-state index in [1.807, 2.05) is 5.57 Å². The maximum Gasteiger partial charge on any atom is 0.0259 e.